The molecule has 0 fully saturated rings. The van der Waals surface area contributed by atoms with Crippen LogP contribution < -0.4 is 5.32 Å². The van der Waals surface area contributed by atoms with Gasteiger partial charge in [-0.1, -0.05) is 79.7 Å². The van der Waals surface area contributed by atoms with Crippen LogP contribution in [0.25, 0.3) is 10.8 Å². The van der Waals surface area contributed by atoms with Gasteiger partial charge in [0.1, 0.15) is 6.04 Å². The largest absolute Gasteiger partial charge is 0.352 e. The molecular formula is C28H34N2O2. The second kappa shape index (κ2) is 11.5. The molecule has 0 aliphatic rings. The third-order valence-electron chi connectivity index (χ3n) is 6.14. The molecule has 4 heteroatoms. The lowest BCUT2D eigenvalue weighted by Gasteiger charge is -2.30. The Balaban J connectivity index is 1.73. The first-order valence-electron chi connectivity index (χ1n) is 11.6. The highest BCUT2D eigenvalue weighted by Crippen LogP contribution is 2.20. The Morgan fingerprint density at radius 2 is 1.56 bits per heavy atom. The second-order valence-electron chi connectivity index (χ2n) is 8.45. The van der Waals surface area contributed by atoms with E-state index in [0.29, 0.717) is 19.4 Å². The number of fused-ring (bicyclic) bond motifs is 1. The molecule has 0 heterocycles. The summed E-state index contributed by atoms with van der Waals surface area (Å²) in [5.41, 5.74) is 2.32. The van der Waals surface area contributed by atoms with E-state index in [-0.39, 0.29) is 17.9 Å². The van der Waals surface area contributed by atoms with Crippen molar-refractivity contribution in [2.24, 2.45) is 0 Å². The molecule has 1 N–H and O–H groups in total. The van der Waals surface area contributed by atoms with Crippen LogP contribution >= 0.6 is 0 Å². The van der Waals surface area contributed by atoms with Gasteiger partial charge in [0.15, 0.2) is 0 Å². The van der Waals surface area contributed by atoms with E-state index in [4.69, 9.17) is 0 Å². The fraction of sp³-hybridized carbons (Fsp3) is 0.357. The number of hydrogen-bond acceptors (Lipinski definition) is 2. The molecular weight excluding hydrogens is 396 g/mol. The minimum absolute atomic E-state index is 0.0145. The van der Waals surface area contributed by atoms with Crippen LogP contribution in [0.3, 0.4) is 0 Å². The molecule has 2 amide bonds. The summed E-state index contributed by atoms with van der Waals surface area (Å²) in [5, 5.41) is 5.39. The lowest BCUT2D eigenvalue weighted by atomic mass is 10.0. The summed E-state index contributed by atoms with van der Waals surface area (Å²) in [5.74, 6) is -0.0772. The first-order valence-corrected chi connectivity index (χ1v) is 11.6. The Hall–Kier alpha value is -3.14. The Labute approximate surface area is 191 Å². The van der Waals surface area contributed by atoms with Crippen LogP contribution in [0.4, 0.5) is 0 Å². The van der Waals surface area contributed by atoms with Crippen LogP contribution in [0, 0.1) is 0 Å². The maximum absolute atomic E-state index is 13.3. The number of amides is 2. The molecule has 0 unspecified atom stereocenters. The first kappa shape index (κ1) is 23.5. The van der Waals surface area contributed by atoms with Crippen molar-refractivity contribution in [2.75, 3.05) is 6.54 Å². The number of rotatable bonds is 10. The van der Waals surface area contributed by atoms with Crippen molar-refractivity contribution in [3.05, 3.63) is 83.9 Å². The summed E-state index contributed by atoms with van der Waals surface area (Å²) in [6.07, 6.45) is 2.62. The van der Waals surface area contributed by atoms with Gasteiger partial charge in [0, 0.05) is 19.0 Å². The Bertz CT molecular complexity index is 1030. The van der Waals surface area contributed by atoms with Gasteiger partial charge in [0.05, 0.1) is 0 Å². The Morgan fingerprint density at radius 1 is 0.875 bits per heavy atom. The van der Waals surface area contributed by atoms with Crippen LogP contribution in [0.1, 0.15) is 44.7 Å². The van der Waals surface area contributed by atoms with Gasteiger partial charge in [-0.05, 0) is 55.0 Å². The second-order valence-corrected chi connectivity index (χ2v) is 8.45. The Morgan fingerprint density at radius 3 is 2.31 bits per heavy atom. The topological polar surface area (TPSA) is 49.4 Å². The van der Waals surface area contributed by atoms with E-state index < -0.39 is 6.04 Å². The van der Waals surface area contributed by atoms with Gasteiger partial charge in [-0.25, -0.2) is 0 Å². The zero-order chi connectivity index (χ0) is 22.9. The fourth-order valence-corrected chi connectivity index (χ4v) is 3.93. The van der Waals surface area contributed by atoms with E-state index in [1.807, 2.05) is 57.2 Å². The maximum Gasteiger partial charge on any atom is 0.242 e. The number of benzene rings is 3. The average molecular weight is 431 g/mol. The minimum atomic E-state index is -0.507. The number of nitrogens with one attached hydrogen (secondary N) is 1. The molecule has 0 aromatic heterocycles. The van der Waals surface area contributed by atoms with E-state index in [1.165, 1.54) is 10.8 Å². The number of carbonyl (C=O) groups is 2. The monoisotopic (exact) mass is 430 g/mol. The highest BCUT2D eigenvalue weighted by atomic mass is 16.2. The molecule has 4 nitrogen and oxygen atoms in total. The standard InChI is InChI=1S/C28H34N2O2/c1-4-21(2)29-28(32)22(3)30(20-19-23-11-6-5-7-12-23)27(31)18-17-25-15-10-14-24-13-8-9-16-26(24)25/h5-16,21-22H,4,17-20H2,1-3H3,(H,29,32)/t21-,22-/m1/s1. The molecule has 168 valence electrons. The predicted molar refractivity (Wildman–Crippen MR) is 131 cm³/mol. The minimum Gasteiger partial charge on any atom is -0.352 e. The van der Waals surface area contributed by atoms with Gasteiger partial charge in [-0.2, -0.15) is 0 Å². The smallest absolute Gasteiger partial charge is 0.242 e. The van der Waals surface area contributed by atoms with E-state index in [9.17, 15) is 9.59 Å². The van der Waals surface area contributed by atoms with Crippen molar-refractivity contribution in [1.29, 1.82) is 0 Å². The highest BCUT2D eigenvalue weighted by molar-refractivity contribution is 5.89. The van der Waals surface area contributed by atoms with Crippen LogP contribution in [0.2, 0.25) is 0 Å². The van der Waals surface area contributed by atoms with E-state index in [0.717, 1.165) is 24.0 Å². The van der Waals surface area contributed by atoms with Crippen molar-refractivity contribution in [3.63, 3.8) is 0 Å². The fourth-order valence-electron chi connectivity index (χ4n) is 3.93. The van der Waals surface area contributed by atoms with Crippen molar-refractivity contribution < 1.29 is 9.59 Å². The van der Waals surface area contributed by atoms with Gasteiger partial charge in [0.25, 0.3) is 0 Å². The maximum atomic E-state index is 13.3. The third-order valence-corrected chi connectivity index (χ3v) is 6.14. The average Bonchev–Trinajstić information content (AvgIpc) is 2.83. The van der Waals surface area contributed by atoms with Crippen LogP contribution in [0.5, 0.6) is 0 Å². The summed E-state index contributed by atoms with van der Waals surface area (Å²) in [6.45, 7) is 6.38. The zero-order valence-corrected chi connectivity index (χ0v) is 19.4. The number of nitrogens with zero attached hydrogens (tertiary/aromatic N) is 1. The van der Waals surface area contributed by atoms with Gasteiger partial charge in [0.2, 0.25) is 11.8 Å². The van der Waals surface area contributed by atoms with Crippen LogP contribution in [-0.2, 0) is 22.4 Å². The summed E-state index contributed by atoms with van der Waals surface area (Å²) in [6, 6.07) is 24.2. The molecule has 32 heavy (non-hydrogen) atoms. The van der Waals surface area contributed by atoms with E-state index >= 15 is 0 Å². The Kier molecular flexibility index (Phi) is 8.43. The van der Waals surface area contributed by atoms with E-state index in [2.05, 4.69) is 41.7 Å². The van der Waals surface area contributed by atoms with Crippen molar-refractivity contribution >= 4 is 22.6 Å². The number of hydrogen-bond donors (Lipinski definition) is 1. The number of carbonyl (C=O) groups excluding carboxylic acids is 2. The van der Waals surface area contributed by atoms with Crippen LogP contribution in [-0.4, -0.2) is 35.3 Å². The zero-order valence-electron chi connectivity index (χ0n) is 19.4. The van der Waals surface area contributed by atoms with Gasteiger partial charge < -0.3 is 10.2 Å². The summed E-state index contributed by atoms with van der Waals surface area (Å²) < 4.78 is 0. The molecule has 0 aliphatic carbocycles. The van der Waals surface area contributed by atoms with Gasteiger partial charge in [-0.15, -0.1) is 0 Å². The van der Waals surface area contributed by atoms with Gasteiger partial charge in [-0.3, -0.25) is 9.59 Å². The SMILES string of the molecule is CC[C@@H](C)NC(=O)[C@@H](C)N(CCc1ccccc1)C(=O)CCc1cccc2ccccc12. The molecule has 0 saturated heterocycles. The number of aryl methyl sites for hydroxylation is 1. The van der Waals surface area contributed by atoms with Crippen LogP contribution in [0.15, 0.2) is 72.8 Å². The summed E-state index contributed by atoms with van der Waals surface area (Å²) in [4.78, 5) is 27.9. The lowest BCUT2D eigenvalue weighted by molar-refractivity contribution is -0.140. The van der Waals surface area contributed by atoms with Crippen molar-refractivity contribution in [3.8, 4) is 0 Å². The molecule has 0 spiro atoms. The summed E-state index contributed by atoms with van der Waals surface area (Å²) >= 11 is 0. The molecule has 0 bridgehead atoms. The molecule has 3 rings (SSSR count). The summed E-state index contributed by atoms with van der Waals surface area (Å²) in [7, 11) is 0. The predicted octanol–water partition coefficient (Wildman–Crippen LogP) is 5.15. The normalized spacial score (nSPS) is 12.8. The molecule has 3 aromatic rings. The van der Waals surface area contributed by atoms with Gasteiger partial charge >= 0.3 is 0 Å². The molecule has 0 radical (unpaired) electrons. The molecule has 0 saturated carbocycles. The molecule has 2 atom stereocenters. The van der Waals surface area contributed by atoms with Crippen molar-refractivity contribution in [2.45, 2.75) is 58.5 Å². The highest BCUT2D eigenvalue weighted by Gasteiger charge is 2.26. The van der Waals surface area contributed by atoms with E-state index in [1.54, 1.807) is 4.90 Å². The molecule has 3 aromatic carbocycles. The first-order chi connectivity index (χ1) is 15.5. The quantitative estimate of drug-likeness (QED) is 0.484. The molecule has 0 aliphatic heterocycles. The third kappa shape index (κ3) is 6.19. The lowest BCUT2D eigenvalue weighted by Crippen LogP contribution is -2.50. The van der Waals surface area contributed by atoms with Crippen molar-refractivity contribution in [1.82, 2.24) is 10.2 Å².